The fraction of sp³-hybridized carbons (Fsp3) is 0.400. The Hall–Kier alpha value is -0.0600. The minimum atomic E-state index is -0.236. The highest BCUT2D eigenvalue weighted by Crippen LogP contribution is 2.11. The summed E-state index contributed by atoms with van der Waals surface area (Å²) in [6.45, 7) is 3.51. The van der Waals surface area contributed by atoms with E-state index in [1.807, 2.05) is 0 Å². The summed E-state index contributed by atoms with van der Waals surface area (Å²) >= 11 is 1.79. The summed E-state index contributed by atoms with van der Waals surface area (Å²) in [7, 11) is 0. The van der Waals surface area contributed by atoms with Crippen LogP contribution in [0.15, 0.2) is 12.2 Å². The lowest BCUT2D eigenvalue weighted by Crippen LogP contribution is -3.39. The summed E-state index contributed by atoms with van der Waals surface area (Å²) in [6.07, 6.45) is 0.698. The molecule has 1 saturated heterocycles. The first-order valence-corrected chi connectivity index (χ1v) is 3.59. The van der Waals surface area contributed by atoms with Crippen LogP contribution in [-0.4, -0.2) is 10.1 Å². The molecule has 1 rings (SSSR count). The molecule has 0 aromatic rings. The first kappa shape index (κ1) is 6.07. The molecule has 0 aromatic carbocycles. The van der Waals surface area contributed by atoms with Crippen molar-refractivity contribution in [1.29, 1.82) is 0 Å². The molecule has 0 aliphatic carbocycles. The van der Waals surface area contributed by atoms with Gasteiger partial charge in [0.05, 0.1) is 6.42 Å². The Balaban J connectivity index is 2.64. The number of esters is 1. The van der Waals surface area contributed by atoms with E-state index in [0.29, 0.717) is 12.0 Å². The molecule has 8 heavy (non-hydrogen) atoms. The summed E-state index contributed by atoms with van der Waals surface area (Å²) in [5.74, 6) is -0.236. The highest BCUT2D eigenvalue weighted by atomic mass is 127. The monoisotopic (exact) mass is 225 g/mol. The summed E-state index contributed by atoms with van der Waals surface area (Å²) in [5, 5.41) is 0. The van der Waals surface area contributed by atoms with Crippen LogP contribution in [-0.2, 0) is 9.53 Å². The molecule has 0 N–H and O–H groups in total. The van der Waals surface area contributed by atoms with Crippen LogP contribution in [0.25, 0.3) is 0 Å². The van der Waals surface area contributed by atoms with Crippen molar-refractivity contribution in [2.45, 2.75) is 10.5 Å². The van der Waals surface area contributed by atoms with Crippen molar-refractivity contribution < 1.29 is 32.1 Å². The third kappa shape index (κ3) is 1.02. The Labute approximate surface area is 61.0 Å². The Morgan fingerprint density at radius 2 is 2.50 bits per heavy atom. The number of carbonyl (C=O) groups is 1. The normalized spacial score (nSPS) is 28.4. The molecule has 0 radical (unpaired) electrons. The minimum absolute atomic E-state index is 0.0609. The predicted molar refractivity (Wildman–Crippen MR) is 25.0 cm³/mol. The Kier molecular flexibility index (Phi) is 1.55. The number of hydrogen-bond donors (Lipinski definition) is 0. The Morgan fingerprint density at radius 1 is 1.88 bits per heavy atom. The number of halogens is 1. The zero-order chi connectivity index (χ0) is 6.15. The van der Waals surface area contributed by atoms with E-state index in [4.69, 9.17) is 4.74 Å². The van der Waals surface area contributed by atoms with Crippen LogP contribution in [0.1, 0.15) is 6.42 Å². The first-order chi connectivity index (χ1) is 3.70. The zero-order valence-electron chi connectivity index (χ0n) is 4.22. The quantitative estimate of drug-likeness (QED) is 0.191. The van der Waals surface area contributed by atoms with E-state index in [1.165, 1.54) is 0 Å². The third-order valence-corrected chi connectivity index (χ3v) is 1.69. The van der Waals surface area contributed by atoms with Gasteiger partial charge in [-0.3, -0.25) is 0 Å². The SMILES string of the molecule is C=C1CC([IH+])OC1=O. The van der Waals surface area contributed by atoms with Crippen LogP contribution in [0, 0.1) is 0 Å². The standard InChI is InChI=1S/C5H6IO2/c1-3-2-4(6)8-5(3)7/h4,6H,1-2H2/q+1. The van der Waals surface area contributed by atoms with E-state index in [9.17, 15) is 4.79 Å². The van der Waals surface area contributed by atoms with Crippen molar-refractivity contribution in [3.05, 3.63) is 12.2 Å². The van der Waals surface area contributed by atoms with Gasteiger partial charge in [0.2, 0.25) is 0 Å². The number of hydrogen-bond acceptors (Lipinski definition) is 2. The summed E-state index contributed by atoms with van der Waals surface area (Å²) in [4.78, 5) is 10.5. The number of alkyl halides is 1. The first-order valence-electron chi connectivity index (χ1n) is 2.25. The second kappa shape index (κ2) is 2.05. The van der Waals surface area contributed by atoms with Gasteiger partial charge in [-0.1, -0.05) is 6.58 Å². The van der Waals surface area contributed by atoms with E-state index in [2.05, 4.69) is 6.58 Å². The molecule has 1 fully saturated rings. The van der Waals surface area contributed by atoms with Gasteiger partial charge in [-0.2, -0.15) is 0 Å². The van der Waals surface area contributed by atoms with Crippen molar-refractivity contribution in [2.24, 2.45) is 0 Å². The van der Waals surface area contributed by atoms with Crippen LogP contribution in [0.5, 0.6) is 0 Å². The molecule has 1 aliphatic rings. The van der Waals surface area contributed by atoms with Gasteiger partial charge in [-0.05, 0) is 0 Å². The summed E-state index contributed by atoms with van der Waals surface area (Å²) < 4.78 is 4.80. The average molecular weight is 225 g/mol. The smallest absolute Gasteiger partial charge is 0.337 e. The van der Waals surface area contributed by atoms with Crippen molar-refractivity contribution in [3.8, 4) is 0 Å². The maximum absolute atomic E-state index is 10.5. The largest absolute Gasteiger partial charge is 0.413 e. The van der Waals surface area contributed by atoms with E-state index in [-0.39, 0.29) is 10.1 Å². The van der Waals surface area contributed by atoms with E-state index in [1.54, 1.807) is 22.6 Å². The molecule has 44 valence electrons. The molecule has 0 spiro atoms. The molecule has 1 unspecified atom stereocenters. The van der Waals surface area contributed by atoms with Gasteiger partial charge < -0.3 is 4.74 Å². The van der Waals surface area contributed by atoms with Gasteiger partial charge in [0, 0.05) is 5.57 Å². The van der Waals surface area contributed by atoms with E-state index < -0.39 is 0 Å². The third-order valence-electron chi connectivity index (χ3n) is 0.940. The Morgan fingerprint density at radius 3 is 2.62 bits per heavy atom. The van der Waals surface area contributed by atoms with Crippen molar-refractivity contribution in [1.82, 2.24) is 0 Å². The van der Waals surface area contributed by atoms with E-state index in [0.717, 1.165) is 0 Å². The molecular formula is C5H6IO2+. The van der Waals surface area contributed by atoms with Gasteiger partial charge in [0.25, 0.3) is 4.11 Å². The fourth-order valence-electron chi connectivity index (χ4n) is 0.529. The van der Waals surface area contributed by atoms with Crippen LogP contribution < -0.4 is 22.6 Å². The molecule has 1 atom stereocenters. The number of carbonyl (C=O) groups excluding carboxylic acids is 1. The molecule has 0 bridgehead atoms. The maximum Gasteiger partial charge on any atom is 0.337 e. The van der Waals surface area contributed by atoms with Gasteiger partial charge in [-0.25, -0.2) is 4.79 Å². The average Bonchev–Trinajstić information content (AvgIpc) is 1.85. The maximum atomic E-state index is 10.5. The van der Waals surface area contributed by atoms with Gasteiger partial charge in [0.15, 0.2) is 0 Å². The molecule has 1 aliphatic heterocycles. The lowest BCUT2D eigenvalue weighted by molar-refractivity contribution is -0.473. The lowest BCUT2D eigenvalue weighted by atomic mass is 10.3. The fourth-order valence-corrected chi connectivity index (χ4v) is 1.35. The zero-order valence-corrected chi connectivity index (χ0v) is 6.55. The highest BCUT2D eigenvalue weighted by molar-refractivity contribution is 5.89. The van der Waals surface area contributed by atoms with E-state index >= 15 is 0 Å². The molecule has 0 amide bonds. The summed E-state index contributed by atoms with van der Waals surface area (Å²) in [5.41, 5.74) is 0.597. The molecular weight excluding hydrogens is 219 g/mol. The van der Waals surface area contributed by atoms with Gasteiger partial charge in [0.1, 0.15) is 0 Å². The topological polar surface area (TPSA) is 26.3 Å². The number of rotatable bonds is 0. The van der Waals surface area contributed by atoms with Crippen molar-refractivity contribution in [2.75, 3.05) is 0 Å². The van der Waals surface area contributed by atoms with Crippen molar-refractivity contribution in [3.63, 3.8) is 0 Å². The second-order valence-electron chi connectivity index (χ2n) is 1.64. The van der Waals surface area contributed by atoms with Gasteiger partial charge in [-0.15, -0.1) is 0 Å². The molecule has 0 aromatic heterocycles. The minimum Gasteiger partial charge on any atom is -0.413 e. The van der Waals surface area contributed by atoms with Crippen molar-refractivity contribution >= 4 is 5.97 Å². The van der Waals surface area contributed by atoms with Crippen LogP contribution in [0.2, 0.25) is 0 Å². The molecule has 3 heteroatoms. The summed E-state index contributed by atoms with van der Waals surface area (Å²) in [6, 6.07) is 0. The number of ether oxygens (including phenoxy) is 1. The van der Waals surface area contributed by atoms with Crippen LogP contribution in [0.3, 0.4) is 0 Å². The van der Waals surface area contributed by atoms with Gasteiger partial charge >= 0.3 is 28.6 Å². The highest BCUT2D eigenvalue weighted by Gasteiger charge is 2.30. The second-order valence-corrected chi connectivity index (χ2v) is 3.14. The predicted octanol–water partition coefficient (Wildman–Crippen LogP) is -2.90. The molecule has 2 nitrogen and oxygen atoms in total. The van der Waals surface area contributed by atoms with Crippen LogP contribution >= 0.6 is 0 Å². The Bertz CT molecular complexity index is 125. The van der Waals surface area contributed by atoms with Crippen LogP contribution in [0.4, 0.5) is 0 Å². The lowest BCUT2D eigenvalue weighted by Gasteiger charge is -1.84. The molecule has 1 heterocycles. The molecule has 0 saturated carbocycles. The number of cyclic esters (lactones) is 1.